The fourth-order valence-electron chi connectivity index (χ4n) is 1.69. The zero-order valence-corrected chi connectivity index (χ0v) is 11.3. The quantitative estimate of drug-likeness (QED) is 0.827. The Morgan fingerprint density at radius 2 is 1.95 bits per heavy atom. The number of pyridine rings is 1. The Bertz CT molecular complexity index is 541. The van der Waals surface area contributed by atoms with Crippen LogP contribution in [0.4, 0.5) is 5.82 Å². The number of carbonyl (C=O) groups excluding carboxylic acids is 1. The molecule has 6 nitrogen and oxygen atoms in total. The first kappa shape index (κ1) is 13.9. The van der Waals surface area contributed by atoms with Crippen LogP contribution in [0.15, 0.2) is 36.7 Å². The standard InChI is InChI=1S/C14H17N5O/c1-2-16-13-4-3-12(18-19-13)14(20)17-10-7-11-5-8-15-9-6-11/h3-6,8-9H,2,7,10H2,1H3,(H,16,19)(H,17,20). The second kappa shape index (κ2) is 7.18. The molecule has 2 aromatic rings. The van der Waals surface area contributed by atoms with Crippen molar-refractivity contribution < 1.29 is 4.79 Å². The van der Waals surface area contributed by atoms with E-state index in [2.05, 4.69) is 25.8 Å². The largest absolute Gasteiger partial charge is 0.369 e. The molecule has 20 heavy (non-hydrogen) atoms. The Labute approximate surface area is 117 Å². The maximum atomic E-state index is 11.9. The van der Waals surface area contributed by atoms with Gasteiger partial charge in [-0.3, -0.25) is 9.78 Å². The van der Waals surface area contributed by atoms with Crippen molar-refractivity contribution >= 4 is 11.7 Å². The summed E-state index contributed by atoms with van der Waals surface area (Å²) in [5, 5.41) is 13.7. The lowest BCUT2D eigenvalue weighted by Gasteiger charge is -2.05. The topological polar surface area (TPSA) is 79.8 Å². The number of amides is 1. The summed E-state index contributed by atoms with van der Waals surface area (Å²) in [6, 6.07) is 7.26. The number of nitrogens with zero attached hydrogens (tertiary/aromatic N) is 3. The number of carbonyl (C=O) groups is 1. The molecule has 2 N–H and O–H groups in total. The Morgan fingerprint density at radius 3 is 2.60 bits per heavy atom. The summed E-state index contributed by atoms with van der Waals surface area (Å²) in [7, 11) is 0. The molecule has 2 heterocycles. The lowest BCUT2D eigenvalue weighted by Crippen LogP contribution is -2.26. The van der Waals surface area contributed by atoms with E-state index < -0.39 is 0 Å². The number of anilines is 1. The molecule has 0 bridgehead atoms. The Hall–Kier alpha value is -2.50. The van der Waals surface area contributed by atoms with E-state index in [0.29, 0.717) is 18.1 Å². The van der Waals surface area contributed by atoms with Crippen LogP contribution in [0.5, 0.6) is 0 Å². The Morgan fingerprint density at radius 1 is 1.15 bits per heavy atom. The van der Waals surface area contributed by atoms with Crippen molar-refractivity contribution in [2.75, 3.05) is 18.4 Å². The van der Waals surface area contributed by atoms with Crippen molar-refractivity contribution in [2.45, 2.75) is 13.3 Å². The molecule has 0 unspecified atom stereocenters. The van der Waals surface area contributed by atoms with E-state index in [1.807, 2.05) is 19.1 Å². The molecule has 104 valence electrons. The SMILES string of the molecule is CCNc1ccc(C(=O)NCCc2ccncc2)nn1. The summed E-state index contributed by atoms with van der Waals surface area (Å²) >= 11 is 0. The predicted molar refractivity (Wildman–Crippen MR) is 76.5 cm³/mol. The molecule has 0 fully saturated rings. The third-order valence-corrected chi connectivity index (χ3v) is 2.70. The lowest BCUT2D eigenvalue weighted by molar-refractivity contribution is 0.0948. The first-order chi connectivity index (χ1) is 9.79. The van der Waals surface area contributed by atoms with Gasteiger partial charge in [-0.25, -0.2) is 0 Å². The molecule has 0 saturated heterocycles. The fourth-order valence-corrected chi connectivity index (χ4v) is 1.69. The van der Waals surface area contributed by atoms with Crippen molar-refractivity contribution in [3.63, 3.8) is 0 Å². The molecular formula is C14H17N5O. The summed E-state index contributed by atoms with van der Waals surface area (Å²) in [5.74, 6) is 0.454. The van der Waals surface area contributed by atoms with Gasteiger partial charge >= 0.3 is 0 Å². The van der Waals surface area contributed by atoms with E-state index in [1.54, 1.807) is 24.5 Å². The normalized spacial score (nSPS) is 10.1. The van der Waals surface area contributed by atoms with Gasteiger partial charge in [0.25, 0.3) is 5.91 Å². The third-order valence-electron chi connectivity index (χ3n) is 2.70. The highest BCUT2D eigenvalue weighted by molar-refractivity contribution is 5.92. The number of hydrogen-bond acceptors (Lipinski definition) is 5. The summed E-state index contributed by atoms with van der Waals surface area (Å²) in [5.41, 5.74) is 1.45. The molecule has 0 spiro atoms. The number of aromatic nitrogens is 3. The molecule has 1 amide bonds. The summed E-state index contributed by atoms with van der Waals surface area (Å²) in [6.07, 6.45) is 4.24. The van der Waals surface area contributed by atoms with Crippen LogP contribution in [0.1, 0.15) is 23.0 Å². The highest BCUT2D eigenvalue weighted by Crippen LogP contribution is 2.01. The van der Waals surface area contributed by atoms with Crippen LogP contribution in [-0.2, 0) is 6.42 Å². The maximum absolute atomic E-state index is 11.9. The van der Waals surface area contributed by atoms with Crippen molar-refractivity contribution in [3.8, 4) is 0 Å². The predicted octanol–water partition coefficient (Wildman–Crippen LogP) is 1.28. The highest BCUT2D eigenvalue weighted by Gasteiger charge is 2.07. The van der Waals surface area contributed by atoms with Gasteiger partial charge in [0, 0.05) is 25.5 Å². The van der Waals surface area contributed by atoms with Crippen LogP contribution >= 0.6 is 0 Å². The zero-order valence-electron chi connectivity index (χ0n) is 11.3. The van der Waals surface area contributed by atoms with Crippen LogP contribution < -0.4 is 10.6 Å². The van der Waals surface area contributed by atoms with E-state index in [-0.39, 0.29) is 5.91 Å². The van der Waals surface area contributed by atoms with Gasteiger partial charge in [0.05, 0.1) is 0 Å². The smallest absolute Gasteiger partial charge is 0.271 e. The second-order valence-corrected chi connectivity index (χ2v) is 4.20. The van der Waals surface area contributed by atoms with E-state index in [0.717, 1.165) is 18.5 Å². The Kier molecular flexibility index (Phi) is 5.00. The molecular weight excluding hydrogens is 254 g/mol. The van der Waals surface area contributed by atoms with Crippen molar-refractivity contribution in [3.05, 3.63) is 47.9 Å². The molecule has 0 aliphatic carbocycles. The molecule has 0 aromatic carbocycles. The van der Waals surface area contributed by atoms with Gasteiger partial charge in [-0.2, -0.15) is 0 Å². The summed E-state index contributed by atoms with van der Waals surface area (Å²) < 4.78 is 0. The van der Waals surface area contributed by atoms with E-state index >= 15 is 0 Å². The van der Waals surface area contributed by atoms with Gasteiger partial charge in [0.15, 0.2) is 5.69 Å². The molecule has 6 heteroatoms. The van der Waals surface area contributed by atoms with Crippen molar-refractivity contribution in [1.29, 1.82) is 0 Å². The first-order valence-corrected chi connectivity index (χ1v) is 6.54. The van der Waals surface area contributed by atoms with Crippen molar-refractivity contribution in [1.82, 2.24) is 20.5 Å². The fraction of sp³-hybridized carbons (Fsp3) is 0.286. The van der Waals surface area contributed by atoms with E-state index in [9.17, 15) is 4.79 Å². The number of rotatable bonds is 6. The van der Waals surface area contributed by atoms with Crippen molar-refractivity contribution in [2.24, 2.45) is 0 Å². The summed E-state index contributed by atoms with van der Waals surface area (Å²) in [4.78, 5) is 15.8. The molecule has 0 atom stereocenters. The lowest BCUT2D eigenvalue weighted by atomic mass is 10.2. The molecule has 0 radical (unpaired) electrons. The third kappa shape index (κ3) is 4.01. The van der Waals surface area contributed by atoms with Crippen LogP contribution in [0.2, 0.25) is 0 Å². The van der Waals surface area contributed by atoms with Gasteiger partial charge in [-0.15, -0.1) is 10.2 Å². The molecule has 0 aliphatic heterocycles. The summed E-state index contributed by atoms with van der Waals surface area (Å²) in [6.45, 7) is 3.30. The molecule has 0 saturated carbocycles. The average molecular weight is 271 g/mol. The van der Waals surface area contributed by atoms with Gasteiger partial charge in [-0.05, 0) is 43.2 Å². The second-order valence-electron chi connectivity index (χ2n) is 4.20. The zero-order chi connectivity index (χ0) is 14.2. The van der Waals surface area contributed by atoms with E-state index in [4.69, 9.17) is 0 Å². The van der Waals surface area contributed by atoms with Gasteiger partial charge < -0.3 is 10.6 Å². The average Bonchev–Trinajstić information content (AvgIpc) is 2.49. The van der Waals surface area contributed by atoms with Gasteiger partial charge in [-0.1, -0.05) is 0 Å². The van der Waals surface area contributed by atoms with Gasteiger partial charge in [0.2, 0.25) is 0 Å². The minimum absolute atomic E-state index is 0.213. The monoisotopic (exact) mass is 271 g/mol. The minimum atomic E-state index is -0.213. The molecule has 2 aromatic heterocycles. The van der Waals surface area contributed by atoms with Crippen LogP contribution in [0.25, 0.3) is 0 Å². The number of nitrogens with one attached hydrogen (secondary N) is 2. The molecule has 0 aliphatic rings. The first-order valence-electron chi connectivity index (χ1n) is 6.54. The molecule has 2 rings (SSSR count). The van der Waals surface area contributed by atoms with Crippen LogP contribution in [-0.4, -0.2) is 34.2 Å². The highest BCUT2D eigenvalue weighted by atomic mass is 16.1. The maximum Gasteiger partial charge on any atom is 0.271 e. The Balaban J connectivity index is 1.82. The van der Waals surface area contributed by atoms with Gasteiger partial charge in [0.1, 0.15) is 5.82 Å². The van der Waals surface area contributed by atoms with Crippen LogP contribution in [0.3, 0.4) is 0 Å². The van der Waals surface area contributed by atoms with E-state index in [1.165, 1.54) is 0 Å². The van der Waals surface area contributed by atoms with Crippen LogP contribution in [0, 0.1) is 0 Å². The minimum Gasteiger partial charge on any atom is -0.369 e. The number of hydrogen-bond donors (Lipinski definition) is 2.